The summed E-state index contributed by atoms with van der Waals surface area (Å²) < 4.78 is 16.5. The minimum absolute atomic E-state index is 0. The molecule has 1 aliphatic heterocycles. The average molecular weight is 492 g/mol. The molecule has 2 heterocycles. The molecule has 0 fully saturated rings. The summed E-state index contributed by atoms with van der Waals surface area (Å²) >= 11 is 6.26. The predicted molar refractivity (Wildman–Crippen MR) is 113 cm³/mol. The zero-order chi connectivity index (χ0) is 17.5. The summed E-state index contributed by atoms with van der Waals surface area (Å²) in [6, 6.07) is 7.75. The molecule has 0 atom stereocenters. The van der Waals surface area contributed by atoms with E-state index >= 15 is 0 Å². The number of hydrogen-bond donors (Lipinski definition) is 2. The largest absolute Gasteiger partial charge is 0.486 e. The second kappa shape index (κ2) is 10.5. The van der Waals surface area contributed by atoms with Crippen molar-refractivity contribution in [1.29, 1.82) is 0 Å². The Balaban J connectivity index is 0.00000243. The Morgan fingerprint density at radius 3 is 2.65 bits per heavy atom. The standard InChI is InChI=1S/C18H22ClN3O3.HI/c1-20-18(22-7-5-14-3-2-8-23-14)21-6-4-13-11-15(19)17-16(12-13)24-9-10-25-17;/h2-3,8,11-12H,4-7,9-10H2,1H3,(H2,20,21,22);1H. The maximum absolute atomic E-state index is 6.26. The lowest BCUT2D eigenvalue weighted by Crippen LogP contribution is -2.39. The highest BCUT2D eigenvalue weighted by atomic mass is 127. The number of halogens is 2. The first-order valence-corrected chi connectivity index (χ1v) is 8.69. The molecule has 0 bridgehead atoms. The van der Waals surface area contributed by atoms with Gasteiger partial charge >= 0.3 is 0 Å². The van der Waals surface area contributed by atoms with Crippen LogP contribution in [0.25, 0.3) is 0 Å². The lowest BCUT2D eigenvalue weighted by molar-refractivity contribution is 0.171. The Morgan fingerprint density at radius 1 is 1.15 bits per heavy atom. The maximum Gasteiger partial charge on any atom is 0.191 e. The van der Waals surface area contributed by atoms with Gasteiger partial charge in [0.15, 0.2) is 17.5 Å². The van der Waals surface area contributed by atoms with Crippen molar-refractivity contribution in [2.45, 2.75) is 12.8 Å². The number of furan rings is 1. The Labute approximate surface area is 175 Å². The van der Waals surface area contributed by atoms with Crippen LogP contribution in [0.15, 0.2) is 39.9 Å². The highest BCUT2D eigenvalue weighted by molar-refractivity contribution is 14.0. The topological polar surface area (TPSA) is 68.0 Å². The van der Waals surface area contributed by atoms with Crippen LogP contribution >= 0.6 is 35.6 Å². The molecule has 1 aliphatic rings. The molecule has 0 saturated carbocycles. The number of hydrogen-bond acceptors (Lipinski definition) is 4. The molecule has 0 unspecified atom stereocenters. The highest BCUT2D eigenvalue weighted by Gasteiger charge is 2.16. The summed E-state index contributed by atoms with van der Waals surface area (Å²) in [4.78, 5) is 4.22. The van der Waals surface area contributed by atoms with E-state index < -0.39 is 0 Å². The minimum atomic E-state index is 0. The second-order valence-electron chi connectivity index (χ2n) is 5.61. The van der Waals surface area contributed by atoms with E-state index in [0.29, 0.717) is 24.0 Å². The van der Waals surface area contributed by atoms with Crippen molar-refractivity contribution in [3.8, 4) is 11.5 Å². The Hall–Kier alpha value is -1.61. The quantitative estimate of drug-likeness (QED) is 0.369. The molecular weight excluding hydrogens is 469 g/mol. The maximum atomic E-state index is 6.26. The lowest BCUT2D eigenvalue weighted by Gasteiger charge is -2.20. The fourth-order valence-corrected chi connectivity index (χ4v) is 2.90. The number of benzene rings is 1. The van der Waals surface area contributed by atoms with Gasteiger partial charge in [-0.05, 0) is 36.2 Å². The van der Waals surface area contributed by atoms with E-state index in [1.54, 1.807) is 13.3 Å². The Kier molecular flexibility index (Phi) is 8.37. The average Bonchev–Trinajstić information content (AvgIpc) is 3.14. The molecule has 8 heteroatoms. The first-order valence-electron chi connectivity index (χ1n) is 8.31. The van der Waals surface area contributed by atoms with Gasteiger partial charge in [0.2, 0.25) is 0 Å². The van der Waals surface area contributed by atoms with Crippen LogP contribution in [-0.2, 0) is 12.8 Å². The van der Waals surface area contributed by atoms with Crippen molar-refractivity contribution < 1.29 is 13.9 Å². The van der Waals surface area contributed by atoms with Crippen molar-refractivity contribution in [3.63, 3.8) is 0 Å². The molecule has 2 N–H and O–H groups in total. The van der Waals surface area contributed by atoms with Crippen LogP contribution in [0, 0.1) is 0 Å². The van der Waals surface area contributed by atoms with Crippen molar-refractivity contribution >= 4 is 41.5 Å². The summed E-state index contributed by atoms with van der Waals surface area (Å²) in [6.07, 6.45) is 3.29. The zero-order valence-electron chi connectivity index (χ0n) is 14.6. The molecule has 0 amide bonds. The van der Waals surface area contributed by atoms with Gasteiger partial charge in [-0.25, -0.2) is 0 Å². The number of fused-ring (bicyclic) bond motifs is 1. The second-order valence-corrected chi connectivity index (χ2v) is 6.01. The third-order valence-corrected chi connectivity index (χ3v) is 4.11. The van der Waals surface area contributed by atoms with Crippen molar-refractivity contribution in [1.82, 2.24) is 10.6 Å². The molecule has 6 nitrogen and oxygen atoms in total. The van der Waals surface area contributed by atoms with Gasteiger partial charge in [-0.15, -0.1) is 24.0 Å². The smallest absolute Gasteiger partial charge is 0.191 e. The Bertz CT molecular complexity index is 723. The van der Waals surface area contributed by atoms with E-state index in [1.165, 1.54) is 0 Å². The van der Waals surface area contributed by atoms with Crippen LogP contribution in [-0.4, -0.2) is 39.3 Å². The third-order valence-electron chi connectivity index (χ3n) is 3.83. The molecule has 0 radical (unpaired) electrons. The molecule has 26 heavy (non-hydrogen) atoms. The number of aliphatic imine (C=N–C) groups is 1. The monoisotopic (exact) mass is 491 g/mol. The van der Waals surface area contributed by atoms with E-state index in [9.17, 15) is 0 Å². The summed E-state index contributed by atoms with van der Waals surface area (Å²) in [5, 5.41) is 7.14. The van der Waals surface area contributed by atoms with Crippen LogP contribution in [0.4, 0.5) is 0 Å². The van der Waals surface area contributed by atoms with Gasteiger partial charge in [0.05, 0.1) is 11.3 Å². The minimum Gasteiger partial charge on any atom is -0.486 e. The fourth-order valence-electron chi connectivity index (χ4n) is 2.61. The van der Waals surface area contributed by atoms with Gasteiger partial charge in [0, 0.05) is 26.6 Å². The van der Waals surface area contributed by atoms with Crippen LogP contribution < -0.4 is 20.1 Å². The van der Waals surface area contributed by atoms with E-state index in [-0.39, 0.29) is 24.0 Å². The highest BCUT2D eigenvalue weighted by Crippen LogP contribution is 2.38. The SMILES string of the molecule is CN=C(NCCc1cc(Cl)c2c(c1)OCCO2)NCCc1ccco1.I. The first kappa shape index (κ1) is 20.7. The molecule has 0 aliphatic carbocycles. The van der Waals surface area contributed by atoms with Gasteiger partial charge in [0.25, 0.3) is 0 Å². The molecular formula is C18H23ClIN3O3. The Morgan fingerprint density at radius 2 is 1.92 bits per heavy atom. The van der Waals surface area contributed by atoms with Crippen LogP contribution in [0.3, 0.4) is 0 Å². The van der Waals surface area contributed by atoms with E-state index in [1.807, 2.05) is 24.3 Å². The fraction of sp³-hybridized carbons (Fsp3) is 0.389. The van der Waals surface area contributed by atoms with Crippen LogP contribution in [0.2, 0.25) is 5.02 Å². The number of nitrogens with zero attached hydrogens (tertiary/aromatic N) is 1. The summed E-state index contributed by atoms with van der Waals surface area (Å²) in [5.41, 5.74) is 1.09. The first-order chi connectivity index (χ1) is 12.3. The van der Waals surface area contributed by atoms with E-state index in [4.69, 9.17) is 25.5 Å². The van der Waals surface area contributed by atoms with Crippen molar-refractivity contribution in [3.05, 3.63) is 46.9 Å². The van der Waals surface area contributed by atoms with Crippen molar-refractivity contribution in [2.24, 2.45) is 4.99 Å². The van der Waals surface area contributed by atoms with Gasteiger partial charge in [-0.3, -0.25) is 4.99 Å². The number of nitrogens with one attached hydrogen (secondary N) is 2. The van der Waals surface area contributed by atoms with Gasteiger partial charge in [-0.2, -0.15) is 0 Å². The number of rotatable bonds is 6. The summed E-state index contributed by atoms with van der Waals surface area (Å²) in [6.45, 7) is 2.57. The van der Waals surface area contributed by atoms with Gasteiger partial charge < -0.3 is 24.5 Å². The normalized spacial score (nSPS) is 13.1. The van der Waals surface area contributed by atoms with E-state index in [0.717, 1.165) is 49.0 Å². The van der Waals surface area contributed by atoms with Crippen LogP contribution in [0.5, 0.6) is 11.5 Å². The lowest BCUT2D eigenvalue weighted by atomic mass is 10.1. The molecule has 1 aromatic carbocycles. The van der Waals surface area contributed by atoms with Gasteiger partial charge in [-0.1, -0.05) is 11.6 Å². The van der Waals surface area contributed by atoms with Gasteiger partial charge in [0.1, 0.15) is 19.0 Å². The number of ether oxygens (including phenoxy) is 2. The van der Waals surface area contributed by atoms with Crippen molar-refractivity contribution in [2.75, 3.05) is 33.4 Å². The van der Waals surface area contributed by atoms with Crippen LogP contribution in [0.1, 0.15) is 11.3 Å². The molecule has 1 aromatic heterocycles. The molecule has 2 aromatic rings. The molecule has 0 spiro atoms. The summed E-state index contributed by atoms with van der Waals surface area (Å²) in [5.74, 6) is 3.07. The molecule has 3 rings (SSSR count). The molecule has 142 valence electrons. The van der Waals surface area contributed by atoms with E-state index in [2.05, 4.69) is 15.6 Å². The summed E-state index contributed by atoms with van der Waals surface area (Å²) in [7, 11) is 1.75. The predicted octanol–water partition coefficient (Wildman–Crippen LogP) is 3.27. The third kappa shape index (κ3) is 5.70. The molecule has 0 saturated heterocycles. The zero-order valence-corrected chi connectivity index (χ0v) is 17.7. The number of guanidine groups is 1.